The number of carbonyl (C=O) groups excluding carboxylic acids is 2. The zero-order valence-electron chi connectivity index (χ0n) is 10.5. The van der Waals surface area contributed by atoms with E-state index in [0.29, 0.717) is 6.42 Å². The van der Waals surface area contributed by atoms with Crippen molar-refractivity contribution < 1.29 is 9.59 Å². The average Bonchev–Trinajstić information content (AvgIpc) is 2.36. The maximum atomic E-state index is 11.9. The number of hydrogen-bond donors (Lipinski definition) is 4. The molecular weight excluding hydrogens is 264 g/mol. The number of nitrogens with two attached hydrogens (primary N) is 1. The van der Waals surface area contributed by atoms with Crippen LogP contribution in [-0.4, -0.2) is 23.0 Å². The Morgan fingerprint density at radius 1 is 1.26 bits per heavy atom. The van der Waals surface area contributed by atoms with E-state index in [0.717, 1.165) is 5.56 Å². The van der Waals surface area contributed by atoms with Gasteiger partial charge in [0, 0.05) is 13.3 Å². The molecule has 0 aliphatic carbocycles. The number of nitrogens with one attached hydrogen (secondary N) is 3. The first-order valence-corrected chi connectivity index (χ1v) is 6.06. The molecule has 0 bridgehead atoms. The predicted octanol–water partition coefficient (Wildman–Crippen LogP) is -0.402. The molecular formula is C12H16N4O2S. The minimum absolute atomic E-state index is 0.0466. The molecule has 7 heteroatoms. The van der Waals surface area contributed by atoms with Gasteiger partial charge in [-0.05, 0) is 17.8 Å². The summed E-state index contributed by atoms with van der Waals surface area (Å²) in [6, 6.07) is 8.68. The first kappa shape index (κ1) is 14.9. The van der Waals surface area contributed by atoms with Gasteiger partial charge in [-0.1, -0.05) is 30.3 Å². The van der Waals surface area contributed by atoms with Crippen molar-refractivity contribution >= 4 is 29.1 Å². The van der Waals surface area contributed by atoms with Gasteiger partial charge in [-0.2, -0.15) is 0 Å². The third-order valence-corrected chi connectivity index (χ3v) is 2.39. The lowest BCUT2D eigenvalue weighted by molar-refractivity contribution is -0.128. The van der Waals surface area contributed by atoms with Crippen molar-refractivity contribution in [2.45, 2.75) is 19.4 Å². The number of rotatable bonds is 4. The number of benzene rings is 1. The number of carbonyl (C=O) groups is 2. The van der Waals surface area contributed by atoms with Gasteiger partial charge in [0.25, 0.3) is 5.91 Å². The second-order valence-electron chi connectivity index (χ2n) is 3.92. The van der Waals surface area contributed by atoms with E-state index in [1.165, 1.54) is 6.92 Å². The quantitative estimate of drug-likeness (QED) is 0.444. The first-order chi connectivity index (χ1) is 8.99. The minimum atomic E-state index is -0.693. The molecule has 0 saturated carbocycles. The molecule has 5 N–H and O–H groups in total. The summed E-state index contributed by atoms with van der Waals surface area (Å²) in [5, 5.41) is 2.53. The Hall–Kier alpha value is -2.15. The molecule has 1 aromatic rings. The van der Waals surface area contributed by atoms with Gasteiger partial charge in [-0.3, -0.25) is 20.4 Å². The molecule has 0 aliphatic heterocycles. The van der Waals surface area contributed by atoms with Gasteiger partial charge in [0.15, 0.2) is 5.11 Å². The van der Waals surface area contributed by atoms with Crippen LogP contribution >= 0.6 is 12.2 Å². The molecule has 0 fully saturated rings. The molecule has 6 nitrogen and oxygen atoms in total. The van der Waals surface area contributed by atoms with Crippen molar-refractivity contribution in [1.82, 2.24) is 16.2 Å². The second kappa shape index (κ2) is 7.32. The van der Waals surface area contributed by atoms with Crippen LogP contribution in [0.25, 0.3) is 0 Å². The second-order valence-corrected chi connectivity index (χ2v) is 4.36. The summed E-state index contributed by atoms with van der Waals surface area (Å²) < 4.78 is 0. The monoisotopic (exact) mass is 280 g/mol. The molecule has 0 unspecified atom stereocenters. The number of amides is 2. The van der Waals surface area contributed by atoms with E-state index in [-0.39, 0.29) is 11.0 Å². The van der Waals surface area contributed by atoms with Crippen LogP contribution in [0.5, 0.6) is 0 Å². The summed E-state index contributed by atoms with van der Waals surface area (Å²) in [6.07, 6.45) is 0.380. The molecule has 0 spiro atoms. The zero-order valence-corrected chi connectivity index (χ0v) is 11.3. The van der Waals surface area contributed by atoms with Crippen LogP contribution in [0.4, 0.5) is 0 Å². The zero-order chi connectivity index (χ0) is 14.3. The summed E-state index contributed by atoms with van der Waals surface area (Å²) in [7, 11) is 0. The van der Waals surface area contributed by atoms with Crippen LogP contribution in [-0.2, 0) is 16.0 Å². The van der Waals surface area contributed by atoms with Crippen molar-refractivity contribution in [2.24, 2.45) is 5.73 Å². The summed E-state index contributed by atoms with van der Waals surface area (Å²) in [5.74, 6) is -0.696. The molecule has 0 saturated heterocycles. The van der Waals surface area contributed by atoms with Crippen LogP contribution < -0.4 is 21.9 Å². The number of hydrazine groups is 1. The normalized spacial score (nSPS) is 11.2. The van der Waals surface area contributed by atoms with E-state index < -0.39 is 11.9 Å². The smallest absolute Gasteiger partial charge is 0.261 e. The molecule has 0 aromatic heterocycles. The Morgan fingerprint density at radius 2 is 1.89 bits per heavy atom. The predicted molar refractivity (Wildman–Crippen MR) is 75.8 cm³/mol. The van der Waals surface area contributed by atoms with Crippen molar-refractivity contribution in [3.05, 3.63) is 35.9 Å². The van der Waals surface area contributed by atoms with Crippen LogP contribution in [0.2, 0.25) is 0 Å². The number of thiocarbonyl (C=S) groups is 1. The third-order valence-electron chi connectivity index (χ3n) is 2.29. The lowest BCUT2D eigenvalue weighted by Crippen LogP contribution is -2.53. The Labute approximate surface area is 116 Å². The molecule has 19 heavy (non-hydrogen) atoms. The van der Waals surface area contributed by atoms with Gasteiger partial charge in [-0.15, -0.1) is 0 Å². The Balaban J connectivity index is 2.68. The summed E-state index contributed by atoms with van der Waals surface area (Å²) in [5.41, 5.74) is 10.8. The minimum Gasteiger partial charge on any atom is -0.375 e. The summed E-state index contributed by atoms with van der Waals surface area (Å²) in [4.78, 5) is 23.0. The topological polar surface area (TPSA) is 96.2 Å². The fraction of sp³-hybridized carbons (Fsp3) is 0.250. The van der Waals surface area contributed by atoms with E-state index in [1.807, 2.05) is 30.3 Å². The molecule has 0 aliphatic rings. The maximum absolute atomic E-state index is 11.9. The van der Waals surface area contributed by atoms with Gasteiger partial charge in [0.05, 0.1) is 0 Å². The first-order valence-electron chi connectivity index (χ1n) is 5.65. The van der Waals surface area contributed by atoms with Crippen LogP contribution in [0.1, 0.15) is 12.5 Å². The van der Waals surface area contributed by atoms with E-state index in [1.54, 1.807) is 0 Å². The fourth-order valence-electron chi connectivity index (χ4n) is 1.51. The molecule has 102 valence electrons. The van der Waals surface area contributed by atoms with Crippen molar-refractivity contribution in [1.29, 1.82) is 0 Å². The van der Waals surface area contributed by atoms with E-state index >= 15 is 0 Å². The van der Waals surface area contributed by atoms with Gasteiger partial charge in [-0.25, -0.2) is 0 Å². The standard InChI is InChI=1S/C12H16N4O2S/c1-8(17)14-10(11(18)15-16-12(13)19)7-9-5-3-2-4-6-9/h2-6,10H,7H2,1H3,(H,14,17)(H,15,18)(H3,13,16,19)/t10-/m0/s1. The highest BCUT2D eigenvalue weighted by Gasteiger charge is 2.19. The van der Waals surface area contributed by atoms with Gasteiger partial charge in [0.1, 0.15) is 6.04 Å². The molecule has 2 amide bonds. The Bertz CT molecular complexity index is 464. The highest BCUT2D eigenvalue weighted by molar-refractivity contribution is 7.80. The van der Waals surface area contributed by atoms with E-state index in [9.17, 15) is 9.59 Å². The van der Waals surface area contributed by atoms with Crippen LogP contribution in [0.15, 0.2) is 30.3 Å². The van der Waals surface area contributed by atoms with Crippen LogP contribution in [0, 0.1) is 0 Å². The van der Waals surface area contributed by atoms with Crippen molar-refractivity contribution in [3.63, 3.8) is 0 Å². The van der Waals surface area contributed by atoms with Crippen LogP contribution in [0.3, 0.4) is 0 Å². The lowest BCUT2D eigenvalue weighted by atomic mass is 10.1. The lowest BCUT2D eigenvalue weighted by Gasteiger charge is -2.18. The Kier molecular flexibility index (Phi) is 5.74. The van der Waals surface area contributed by atoms with Crippen molar-refractivity contribution in [3.8, 4) is 0 Å². The Morgan fingerprint density at radius 3 is 2.42 bits per heavy atom. The molecule has 1 aromatic carbocycles. The highest BCUT2D eigenvalue weighted by atomic mass is 32.1. The van der Waals surface area contributed by atoms with Gasteiger partial charge >= 0.3 is 0 Å². The molecule has 1 atom stereocenters. The van der Waals surface area contributed by atoms with Gasteiger partial charge < -0.3 is 11.1 Å². The average molecular weight is 280 g/mol. The van der Waals surface area contributed by atoms with E-state index in [4.69, 9.17) is 5.73 Å². The highest BCUT2D eigenvalue weighted by Crippen LogP contribution is 2.03. The SMILES string of the molecule is CC(=O)N[C@@H](Cc1ccccc1)C(=O)NNC(N)=S. The number of hydrogen-bond acceptors (Lipinski definition) is 3. The maximum Gasteiger partial charge on any atom is 0.261 e. The molecule has 1 rings (SSSR count). The largest absolute Gasteiger partial charge is 0.375 e. The molecule has 0 heterocycles. The summed E-state index contributed by atoms with van der Waals surface area (Å²) >= 11 is 4.58. The van der Waals surface area contributed by atoms with Gasteiger partial charge in [0.2, 0.25) is 5.91 Å². The third kappa shape index (κ3) is 5.82. The van der Waals surface area contributed by atoms with Crippen molar-refractivity contribution in [2.75, 3.05) is 0 Å². The van der Waals surface area contributed by atoms with E-state index in [2.05, 4.69) is 28.4 Å². The summed E-state index contributed by atoms with van der Waals surface area (Å²) in [6.45, 7) is 1.35. The molecule has 0 radical (unpaired) electrons. The fourth-order valence-corrected chi connectivity index (χ4v) is 1.57.